The summed E-state index contributed by atoms with van der Waals surface area (Å²) in [5.74, 6) is 1.72. The number of phenolic OH excluding ortho intramolecular Hbond substituents is 6. The highest BCUT2D eigenvalue weighted by atomic mass is 16.5. The molecule has 0 bridgehead atoms. The third kappa shape index (κ3) is 9.20. The van der Waals surface area contributed by atoms with Crippen molar-refractivity contribution in [3.05, 3.63) is 155 Å². The van der Waals surface area contributed by atoms with Crippen LogP contribution in [0.25, 0.3) is 0 Å². The van der Waals surface area contributed by atoms with Crippen molar-refractivity contribution >= 4 is 0 Å². The molecule has 6 aromatic carbocycles. The number of hydrogen-bond acceptors (Lipinski definition) is 8. The van der Waals surface area contributed by atoms with Crippen molar-refractivity contribution < 1.29 is 40.1 Å². The first-order chi connectivity index (χ1) is 24.1. The van der Waals surface area contributed by atoms with Gasteiger partial charge in [0.15, 0.2) is 23.0 Å². The van der Waals surface area contributed by atoms with Crippen LogP contribution in [0.4, 0.5) is 0 Å². The maximum Gasteiger partial charge on any atom is 0.169 e. The highest BCUT2D eigenvalue weighted by Crippen LogP contribution is 2.36. The average molecular weight is 671 g/mol. The summed E-state index contributed by atoms with van der Waals surface area (Å²) in [5.41, 5.74) is 5.45. The summed E-state index contributed by atoms with van der Waals surface area (Å²) in [6.07, 6.45) is 3.76. The van der Waals surface area contributed by atoms with Gasteiger partial charge < -0.3 is 40.1 Å². The molecule has 0 spiro atoms. The summed E-state index contributed by atoms with van der Waals surface area (Å²) < 4.78 is 12.1. The van der Waals surface area contributed by atoms with E-state index in [1.165, 1.54) is 12.1 Å². The lowest BCUT2D eigenvalue weighted by Crippen LogP contribution is -1.96. The van der Waals surface area contributed by atoms with Gasteiger partial charge in [0.1, 0.15) is 34.5 Å². The Kier molecular flexibility index (Phi) is 10.3. The fraction of sp³-hybridized carbons (Fsp3) is 0.143. The van der Waals surface area contributed by atoms with Gasteiger partial charge in [-0.2, -0.15) is 0 Å². The van der Waals surface area contributed by atoms with Gasteiger partial charge in [0, 0.05) is 12.1 Å². The van der Waals surface area contributed by atoms with Crippen LogP contribution >= 0.6 is 0 Å². The molecule has 6 N–H and O–H groups in total. The molecule has 254 valence electrons. The quantitative estimate of drug-likeness (QED) is 0.0716. The Morgan fingerprint density at radius 3 is 1.08 bits per heavy atom. The van der Waals surface area contributed by atoms with E-state index in [0.29, 0.717) is 50.0 Å². The van der Waals surface area contributed by atoms with Crippen molar-refractivity contribution in [1.29, 1.82) is 0 Å². The number of hydrogen-bond donors (Lipinski definition) is 6. The molecule has 50 heavy (non-hydrogen) atoms. The van der Waals surface area contributed by atoms with Crippen molar-refractivity contribution in [2.45, 2.75) is 38.5 Å². The fourth-order valence-electron chi connectivity index (χ4n) is 5.83. The Morgan fingerprint density at radius 2 is 0.680 bits per heavy atom. The zero-order valence-electron chi connectivity index (χ0n) is 27.3. The zero-order valence-corrected chi connectivity index (χ0v) is 27.3. The van der Waals surface area contributed by atoms with Crippen LogP contribution in [0.2, 0.25) is 0 Å². The van der Waals surface area contributed by atoms with E-state index in [2.05, 4.69) is 0 Å². The summed E-state index contributed by atoms with van der Waals surface area (Å²) in [4.78, 5) is 0. The molecule has 0 aromatic heterocycles. The molecule has 0 radical (unpaired) electrons. The lowest BCUT2D eigenvalue weighted by atomic mass is 10.0. The van der Waals surface area contributed by atoms with Gasteiger partial charge in [-0.25, -0.2) is 0 Å². The average Bonchev–Trinajstić information content (AvgIpc) is 3.08. The first kappa shape index (κ1) is 33.6. The smallest absolute Gasteiger partial charge is 0.169 e. The molecule has 8 heteroatoms. The van der Waals surface area contributed by atoms with Crippen molar-refractivity contribution in [2.24, 2.45) is 0 Å². The van der Waals surface area contributed by atoms with Gasteiger partial charge in [0.25, 0.3) is 0 Å². The summed E-state index contributed by atoms with van der Waals surface area (Å²) in [7, 11) is 0. The van der Waals surface area contributed by atoms with Gasteiger partial charge in [-0.15, -0.1) is 0 Å². The van der Waals surface area contributed by atoms with Crippen molar-refractivity contribution in [3.63, 3.8) is 0 Å². The van der Waals surface area contributed by atoms with Crippen LogP contribution in [0.3, 0.4) is 0 Å². The summed E-state index contributed by atoms with van der Waals surface area (Å²) >= 11 is 0. The SMILES string of the molecule is Oc1cccc(CCc2cc(O)cc(Oc3cc(CCc4ccc(O)c(Oc5cc(O)cc(CCc6cccc(O)c6)c5)c4)ccc3O)c2)c1. The highest BCUT2D eigenvalue weighted by molar-refractivity contribution is 5.49. The molecule has 0 aliphatic carbocycles. The van der Waals surface area contributed by atoms with E-state index in [1.54, 1.807) is 72.8 Å². The molecule has 0 saturated carbocycles. The molecule has 8 nitrogen and oxygen atoms in total. The molecule has 6 aromatic rings. The molecule has 0 atom stereocenters. The first-order valence-electron chi connectivity index (χ1n) is 16.4. The Bertz CT molecular complexity index is 1950. The largest absolute Gasteiger partial charge is 0.508 e. The van der Waals surface area contributed by atoms with Crippen LogP contribution in [0.15, 0.2) is 121 Å². The lowest BCUT2D eigenvalue weighted by Gasteiger charge is -2.13. The normalized spacial score (nSPS) is 11.0. The molecule has 0 unspecified atom stereocenters. The molecule has 0 heterocycles. The number of aromatic hydroxyl groups is 6. The number of aryl methyl sites for hydroxylation is 6. The maximum atomic E-state index is 10.6. The van der Waals surface area contributed by atoms with Crippen LogP contribution in [0.5, 0.6) is 57.5 Å². The van der Waals surface area contributed by atoms with Crippen molar-refractivity contribution in [2.75, 3.05) is 0 Å². The number of rotatable bonds is 13. The van der Waals surface area contributed by atoms with E-state index in [9.17, 15) is 30.6 Å². The second kappa shape index (κ2) is 15.3. The Hall–Kier alpha value is -6.28. The number of benzene rings is 6. The Labute approximate surface area is 290 Å². The minimum atomic E-state index is -0.0360. The predicted molar refractivity (Wildman–Crippen MR) is 191 cm³/mol. The van der Waals surface area contributed by atoms with Gasteiger partial charge in [0.05, 0.1) is 0 Å². The second-order valence-corrected chi connectivity index (χ2v) is 12.3. The van der Waals surface area contributed by atoms with Crippen LogP contribution < -0.4 is 9.47 Å². The molecular formula is C42H38O8. The third-order valence-electron chi connectivity index (χ3n) is 8.33. The number of ether oxygens (including phenoxy) is 2. The minimum Gasteiger partial charge on any atom is -0.508 e. The van der Waals surface area contributed by atoms with Crippen molar-refractivity contribution in [1.82, 2.24) is 0 Å². The third-order valence-corrected chi connectivity index (χ3v) is 8.33. The van der Waals surface area contributed by atoms with Gasteiger partial charge in [-0.05, 0) is 145 Å². The van der Waals surface area contributed by atoms with E-state index in [4.69, 9.17) is 9.47 Å². The molecule has 6 rings (SSSR count). The summed E-state index contributed by atoms with van der Waals surface area (Å²) in [6.45, 7) is 0. The van der Waals surface area contributed by atoms with Gasteiger partial charge in [-0.3, -0.25) is 0 Å². The van der Waals surface area contributed by atoms with Gasteiger partial charge in [-0.1, -0.05) is 36.4 Å². The molecule has 0 aliphatic heterocycles. The lowest BCUT2D eigenvalue weighted by molar-refractivity contribution is 0.406. The van der Waals surface area contributed by atoms with Crippen LogP contribution in [0, 0.1) is 0 Å². The van der Waals surface area contributed by atoms with Gasteiger partial charge in [0.2, 0.25) is 0 Å². The van der Waals surface area contributed by atoms with E-state index in [1.807, 2.05) is 36.4 Å². The summed E-state index contributed by atoms with van der Waals surface area (Å²) in [5, 5.41) is 61.3. The molecule has 0 saturated heterocycles. The van der Waals surface area contributed by atoms with E-state index >= 15 is 0 Å². The van der Waals surface area contributed by atoms with Crippen molar-refractivity contribution in [3.8, 4) is 57.5 Å². The first-order valence-corrected chi connectivity index (χ1v) is 16.4. The predicted octanol–water partition coefficient (Wildman–Crippen LogP) is 8.86. The monoisotopic (exact) mass is 670 g/mol. The van der Waals surface area contributed by atoms with E-state index in [0.717, 1.165) is 33.4 Å². The fourth-order valence-corrected chi connectivity index (χ4v) is 5.83. The van der Waals surface area contributed by atoms with Crippen LogP contribution in [0.1, 0.15) is 33.4 Å². The summed E-state index contributed by atoms with van der Waals surface area (Å²) in [6, 6.07) is 34.4. The molecular weight excluding hydrogens is 632 g/mol. The topological polar surface area (TPSA) is 140 Å². The minimum absolute atomic E-state index is 0.0360. The second-order valence-electron chi connectivity index (χ2n) is 12.3. The molecule has 0 amide bonds. The molecule has 0 fully saturated rings. The maximum absolute atomic E-state index is 10.6. The van der Waals surface area contributed by atoms with Crippen LogP contribution in [-0.4, -0.2) is 30.6 Å². The van der Waals surface area contributed by atoms with E-state index in [-0.39, 0.29) is 46.0 Å². The molecule has 0 aliphatic rings. The standard InChI is InChI=1S/C42H38O8/c43-33-5-1-3-27(17-33)9-11-31-19-35(45)25-37(21-31)49-41-23-29(13-15-39(41)47)7-8-30-14-16-40(48)42(24-30)50-38-22-32(20-36(46)26-38)12-10-28-4-2-6-34(44)18-28/h1-6,13-26,43-48H,7-12H2. The van der Waals surface area contributed by atoms with E-state index < -0.39 is 0 Å². The zero-order chi connectivity index (χ0) is 35.0. The number of phenols is 6. The highest BCUT2D eigenvalue weighted by Gasteiger charge is 2.12. The Balaban J connectivity index is 1.10. The Morgan fingerprint density at radius 1 is 0.320 bits per heavy atom. The van der Waals surface area contributed by atoms with Crippen LogP contribution in [-0.2, 0) is 38.5 Å². The van der Waals surface area contributed by atoms with Gasteiger partial charge >= 0.3 is 0 Å².